The molecule has 9 aromatic rings. The fourth-order valence-electron chi connectivity index (χ4n) is 6.44. The zero-order chi connectivity index (χ0) is 29.7. The van der Waals surface area contributed by atoms with Crippen molar-refractivity contribution in [3.8, 4) is 22.3 Å². The zero-order valence-corrected chi connectivity index (χ0v) is 25.2. The highest BCUT2D eigenvalue weighted by Crippen LogP contribution is 2.41. The van der Waals surface area contributed by atoms with Crippen LogP contribution in [0.2, 0.25) is 0 Å². The molecular formula is C42H27NOS. The Labute approximate surface area is 265 Å². The standard InChI is InChI=1S/C42H27NOS/c1-2-8-28(9-3-1)29-14-19-32(20-15-29)43(34-23-25-40-38(27-34)35-10-4-6-12-39(35)44-40)33-21-16-30(17-22-33)31-18-24-37-36-11-5-7-13-41(36)45-42(37)26-31/h1-27H. The molecule has 0 saturated heterocycles. The van der Waals surface area contributed by atoms with Crippen LogP contribution in [0, 0.1) is 0 Å². The van der Waals surface area contributed by atoms with Crippen LogP contribution in [0.15, 0.2) is 168 Å². The van der Waals surface area contributed by atoms with Crippen molar-refractivity contribution in [2.24, 2.45) is 0 Å². The number of nitrogens with zero attached hydrogens (tertiary/aromatic N) is 1. The van der Waals surface area contributed by atoms with E-state index in [1.54, 1.807) is 0 Å². The van der Waals surface area contributed by atoms with E-state index in [0.29, 0.717) is 0 Å². The molecule has 7 aromatic carbocycles. The molecule has 0 amide bonds. The lowest BCUT2D eigenvalue weighted by Crippen LogP contribution is -2.09. The summed E-state index contributed by atoms with van der Waals surface area (Å²) < 4.78 is 8.81. The predicted molar refractivity (Wildman–Crippen MR) is 192 cm³/mol. The molecule has 0 fully saturated rings. The van der Waals surface area contributed by atoms with Gasteiger partial charge < -0.3 is 9.32 Å². The summed E-state index contributed by atoms with van der Waals surface area (Å²) in [7, 11) is 0. The number of furan rings is 1. The van der Waals surface area contributed by atoms with Gasteiger partial charge in [0.1, 0.15) is 11.2 Å². The van der Waals surface area contributed by atoms with Crippen LogP contribution in [-0.4, -0.2) is 0 Å². The van der Waals surface area contributed by atoms with Gasteiger partial charge >= 0.3 is 0 Å². The third-order valence-electron chi connectivity index (χ3n) is 8.69. The molecule has 2 nitrogen and oxygen atoms in total. The maximum atomic E-state index is 6.16. The molecule has 0 unspecified atom stereocenters. The monoisotopic (exact) mass is 593 g/mol. The fourth-order valence-corrected chi connectivity index (χ4v) is 7.59. The second kappa shape index (κ2) is 10.5. The summed E-state index contributed by atoms with van der Waals surface area (Å²) in [5, 5.41) is 4.89. The van der Waals surface area contributed by atoms with Gasteiger partial charge in [-0.2, -0.15) is 0 Å². The minimum Gasteiger partial charge on any atom is -0.456 e. The third-order valence-corrected chi connectivity index (χ3v) is 9.82. The number of rotatable bonds is 5. The number of hydrogen-bond acceptors (Lipinski definition) is 3. The van der Waals surface area contributed by atoms with E-state index in [-0.39, 0.29) is 0 Å². The smallest absolute Gasteiger partial charge is 0.135 e. The molecule has 0 aliphatic rings. The molecule has 0 bridgehead atoms. The van der Waals surface area contributed by atoms with Crippen molar-refractivity contribution < 1.29 is 4.42 Å². The van der Waals surface area contributed by atoms with Crippen molar-refractivity contribution in [1.29, 1.82) is 0 Å². The first kappa shape index (κ1) is 25.8. The average molecular weight is 594 g/mol. The first-order chi connectivity index (χ1) is 22.3. The Hall–Kier alpha value is -5.64. The van der Waals surface area contributed by atoms with Crippen LogP contribution < -0.4 is 4.90 Å². The van der Waals surface area contributed by atoms with E-state index in [9.17, 15) is 0 Å². The Morgan fingerprint density at radius 2 is 0.911 bits per heavy atom. The summed E-state index contributed by atoms with van der Waals surface area (Å²) >= 11 is 1.86. The predicted octanol–water partition coefficient (Wildman–Crippen LogP) is 12.8. The van der Waals surface area contributed by atoms with Crippen molar-refractivity contribution in [3.63, 3.8) is 0 Å². The van der Waals surface area contributed by atoms with Gasteiger partial charge in [-0.05, 0) is 82.9 Å². The summed E-state index contributed by atoms with van der Waals surface area (Å²) in [6.07, 6.45) is 0. The maximum Gasteiger partial charge on any atom is 0.135 e. The van der Waals surface area contributed by atoms with Crippen molar-refractivity contribution in [3.05, 3.63) is 164 Å². The lowest BCUT2D eigenvalue weighted by atomic mass is 10.0. The molecule has 212 valence electrons. The third kappa shape index (κ3) is 4.48. The van der Waals surface area contributed by atoms with E-state index in [0.717, 1.165) is 39.0 Å². The summed E-state index contributed by atoms with van der Waals surface area (Å²) in [6.45, 7) is 0. The zero-order valence-electron chi connectivity index (χ0n) is 24.4. The molecule has 3 heteroatoms. The summed E-state index contributed by atoms with van der Waals surface area (Å²) in [4.78, 5) is 2.33. The van der Waals surface area contributed by atoms with E-state index in [1.807, 2.05) is 23.5 Å². The van der Waals surface area contributed by atoms with Crippen molar-refractivity contribution in [2.75, 3.05) is 4.90 Å². The highest BCUT2D eigenvalue weighted by molar-refractivity contribution is 7.25. The molecule has 0 N–H and O–H groups in total. The average Bonchev–Trinajstić information content (AvgIpc) is 3.67. The normalized spacial score (nSPS) is 11.6. The maximum absolute atomic E-state index is 6.16. The molecule has 2 heterocycles. The van der Waals surface area contributed by atoms with Crippen molar-refractivity contribution in [2.45, 2.75) is 0 Å². The minimum atomic E-state index is 0.895. The van der Waals surface area contributed by atoms with E-state index < -0.39 is 0 Å². The topological polar surface area (TPSA) is 16.4 Å². The van der Waals surface area contributed by atoms with Gasteiger partial charge in [0.15, 0.2) is 0 Å². The largest absolute Gasteiger partial charge is 0.456 e. The van der Waals surface area contributed by atoms with Gasteiger partial charge in [-0.25, -0.2) is 0 Å². The first-order valence-electron chi connectivity index (χ1n) is 15.2. The van der Waals surface area contributed by atoms with Gasteiger partial charge in [-0.3, -0.25) is 0 Å². The molecule has 2 aromatic heterocycles. The first-order valence-corrected chi connectivity index (χ1v) is 16.0. The quantitative estimate of drug-likeness (QED) is 0.197. The van der Waals surface area contributed by atoms with Gasteiger partial charge in [-0.15, -0.1) is 11.3 Å². The second-order valence-electron chi connectivity index (χ2n) is 11.4. The van der Waals surface area contributed by atoms with Crippen LogP contribution in [0.5, 0.6) is 0 Å². The van der Waals surface area contributed by atoms with Crippen LogP contribution in [-0.2, 0) is 0 Å². The van der Waals surface area contributed by atoms with Crippen molar-refractivity contribution in [1.82, 2.24) is 0 Å². The van der Waals surface area contributed by atoms with Crippen molar-refractivity contribution >= 4 is 70.5 Å². The number of hydrogen-bond donors (Lipinski definition) is 0. The summed E-state index contributed by atoms with van der Waals surface area (Å²) in [5.74, 6) is 0. The van der Waals surface area contributed by atoms with Gasteiger partial charge in [0.25, 0.3) is 0 Å². The van der Waals surface area contributed by atoms with Crippen LogP contribution in [0.3, 0.4) is 0 Å². The van der Waals surface area contributed by atoms with Crippen LogP contribution in [0.25, 0.3) is 64.4 Å². The Balaban J connectivity index is 1.14. The molecule has 0 aliphatic carbocycles. The lowest BCUT2D eigenvalue weighted by Gasteiger charge is -2.26. The molecule has 0 aliphatic heterocycles. The molecule has 0 spiro atoms. The highest BCUT2D eigenvalue weighted by Gasteiger charge is 2.16. The minimum absolute atomic E-state index is 0.895. The van der Waals surface area contributed by atoms with Gasteiger partial charge in [-0.1, -0.05) is 103 Å². The van der Waals surface area contributed by atoms with E-state index in [1.165, 1.54) is 42.4 Å². The Morgan fingerprint density at radius 1 is 0.356 bits per heavy atom. The van der Waals surface area contributed by atoms with E-state index in [2.05, 4.69) is 157 Å². The Bertz CT molecular complexity index is 2470. The number of thiophene rings is 1. The number of anilines is 3. The molecule has 0 saturated carbocycles. The van der Waals surface area contributed by atoms with Gasteiger partial charge in [0.05, 0.1) is 0 Å². The Morgan fingerprint density at radius 3 is 1.69 bits per heavy atom. The number of benzene rings is 7. The molecule has 0 atom stereocenters. The molecule has 0 radical (unpaired) electrons. The molecule has 45 heavy (non-hydrogen) atoms. The van der Waals surface area contributed by atoms with Crippen LogP contribution in [0.1, 0.15) is 0 Å². The molecule has 9 rings (SSSR count). The fraction of sp³-hybridized carbons (Fsp3) is 0. The number of para-hydroxylation sites is 1. The van der Waals surface area contributed by atoms with E-state index >= 15 is 0 Å². The lowest BCUT2D eigenvalue weighted by molar-refractivity contribution is 0.669. The van der Waals surface area contributed by atoms with Crippen LogP contribution in [0.4, 0.5) is 17.1 Å². The van der Waals surface area contributed by atoms with Gasteiger partial charge in [0.2, 0.25) is 0 Å². The van der Waals surface area contributed by atoms with Gasteiger partial charge in [0, 0.05) is 48.0 Å². The summed E-state index contributed by atoms with van der Waals surface area (Å²) in [6, 6.07) is 58.5. The van der Waals surface area contributed by atoms with Crippen LogP contribution >= 0.6 is 11.3 Å². The number of fused-ring (bicyclic) bond motifs is 6. The molecular weight excluding hydrogens is 567 g/mol. The second-order valence-corrected chi connectivity index (χ2v) is 12.5. The highest BCUT2D eigenvalue weighted by atomic mass is 32.1. The van der Waals surface area contributed by atoms with E-state index in [4.69, 9.17) is 4.42 Å². The summed E-state index contributed by atoms with van der Waals surface area (Å²) in [5.41, 5.74) is 9.92. The Kier molecular flexibility index (Phi) is 6.03. The SMILES string of the molecule is c1ccc(-c2ccc(N(c3ccc(-c4ccc5c(c4)sc4ccccc45)cc3)c3ccc4oc5ccccc5c4c3)cc2)cc1.